The summed E-state index contributed by atoms with van der Waals surface area (Å²) in [5.74, 6) is 0.926. The van der Waals surface area contributed by atoms with Gasteiger partial charge in [-0.25, -0.2) is 8.78 Å². The van der Waals surface area contributed by atoms with Crippen LogP contribution >= 0.6 is 0 Å². The van der Waals surface area contributed by atoms with Gasteiger partial charge in [0.05, 0.1) is 0 Å². The van der Waals surface area contributed by atoms with Gasteiger partial charge in [0.25, 0.3) is 0 Å². The molecule has 2 aromatic carbocycles. The third kappa shape index (κ3) is 6.83. The molecule has 1 unspecified atom stereocenters. The second-order valence-corrected chi connectivity index (χ2v) is 11.1. The van der Waals surface area contributed by atoms with E-state index < -0.39 is 6.23 Å². The molecule has 2 aliphatic carbocycles. The van der Waals surface area contributed by atoms with Gasteiger partial charge in [0.15, 0.2) is 0 Å². The van der Waals surface area contributed by atoms with Gasteiger partial charge in [0, 0.05) is 11.6 Å². The second-order valence-electron chi connectivity index (χ2n) is 11.1. The van der Waals surface area contributed by atoms with Crippen LogP contribution in [0.3, 0.4) is 0 Å². The Hall–Kier alpha value is -2.04. The molecule has 1 atom stereocenters. The van der Waals surface area contributed by atoms with Crippen LogP contribution in [0.5, 0.6) is 0 Å². The number of unbranched alkanes of at least 4 members (excludes halogenated alkanes) is 2. The normalized spacial score (nSPS) is 25.4. The molecular weight excluding hydrogens is 452 g/mol. The second kappa shape index (κ2) is 13.0. The molecule has 2 aliphatic rings. The van der Waals surface area contributed by atoms with Crippen molar-refractivity contribution in [3.8, 4) is 11.1 Å². The van der Waals surface area contributed by atoms with Crippen molar-refractivity contribution in [2.45, 2.75) is 108 Å². The molecule has 4 rings (SSSR count). The van der Waals surface area contributed by atoms with Crippen molar-refractivity contribution in [1.29, 1.82) is 0 Å². The van der Waals surface area contributed by atoms with Crippen LogP contribution in [0, 0.1) is 17.6 Å². The van der Waals surface area contributed by atoms with Crippen molar-refractivity contribution >= 4 is 0 Å². The number of aliphatic hydroxyl groups excluding tert-OH is 1. The van der Waals surface area contributed by atoms with Crippen LogP contribution < -0.4 is 5.32 Å². The molecule has 2 nitrogen and oxygen atoms in total. The van der Waals surface area contributed by atoms with Gasteiger partial charge in [-0.05, 0) is 104 Å². The highest BCUT2D eigenvalue weighted by Gasteiger charge is 2.26. The van der Waals surface area contributed by atoms with Crippen LogP contribution in [0.4, 0.5) is 8.78 Å². The van der Waals surface area contributed by atoms with Crippen LogP contribution in [-0.2, 0) is 0 Å². The lowest BCUT2D eigenvalue weighted by molar-refractivity contribution is 0.153. The van der Waals surface area contributed by atoms with Gasteiger partial charge in [0.1, 0.15) is 17.9 Å². The summed E-state index contributed by atoms with van der Waals surface area (Å²) < 4.78 is 30.3. The highest BCUT2D eigenvalue weighted by molar-refractivity contribution is 5.65. The van der Waals surface area contributed by atoms with E-state index in [1.54, 1.807) is 6.07 Å². The first-order chi connectivity index (χ1) is 17.5. The quantitative estimate of drug-likeness (QED) is 0.196. The molecule has 0 radical (unpaired) electrons. The molecule has 2 saturated carbocycles. The minimum absolute atomic E-state index is 0.155. The van der Waals surface area contributed by atoms with Crippen molar-refractivity contribution in [1.82, 2.24) is 5.32 Å². The Balaban J connectivity index is 1.36. The van der Waals surface area contributed by atoms with Crippen LogP contribution in [-0.4, -0.2) is 17.4 Å². The van der Waals surface area contributed by atoms with Gasteiger partial charge in [-0.2, -0.15) is 0 Å². The summed E-state index contributed by atoms with van der Waals surface area (Å²) in [7, 11) is 0. The van der Waals surface area contributed by atoms with Gasteiger partial charge in [-0.15, -0.1) is 0 Å². The van der Waals surface area contributed by atoms with E-state index in [1.165, 1.54) is 50.7 Å². The lowest BCUT2D eigenvalue weighted by Gasteiger charge is -2.30. The van der Waals surface area contributed by atoms with Crippen molar-refractivity contribution in [2.75, 3.05) is 0 Å². The number of benzene rings is 2. The van der Waals surface area contributed by atoms with Crippen molar-refractivity contribution in [3.05, 3.63) is 71.8 Å². The Morgan fingerprint density at radius 3 is 2.28 bits per heavy atom. The van der Waals surface area contributed by atoms with Gasteiger partial charge in [0.2, 0.25) is 0 Å². The number of rotatable bonds is 10. The number of hydrogen-bond donors (Lipinski definition) is 2. The Morgan fingerprint density at radius 1 is 0.917 bits per heavy atom. The van der Waals surface area contributed by atoms with Gasteiger partial charge >= 0.3 is 0 Å². The summed E-state index contributed by atoms with van der Waals surface area (Å²) >= 11 is 0. The highest BCUT2D eigenvalue weighted by atomic mass is 19.1. The SMILES string of the molecule is C=CC(O)NC1CCC(c2ccc(-c3ccc(C4CCC(CCCCC)CC4)cc3F)cc2F)CC1. The minimum atomic E-state index is -0.700. The fourth-order valence-corrected chi connectivity index (χ4v) is 6.39. The predicted octanol–water partition coefficient (Wildman–Crippen LogP) is 8.61. The van der Waals surface area contributed by atoms with E-state index in [0.717, 1.165) is 50.0 Å². The fourth-order valence-electron chi connectivity index (χ4n) is 6.39. The molecule has 0 bridgehead atoms. The molecule has 36 heavy (non-hydrogen) atoms. The third-order valence-corrected chi connectivity index (χ3v) is 8.64. The zero-order valence-corrected chi connectivity index (χ0v) is 21.8. The van der Waals surface area contributed by atoms with E-state index in [0.29, 0.717) is 22.6 Å². The van der Waals surface area contributed by atoms with E-state index in [2.05, 4.69) is 24.9 Å². The van der Waals surface area contributed by atoms with Crippen LogP contribution in [0.15, 0.2) is 49.1 Å². The lowest BCUT2D eigenvalue weighted by atomic mass is 9.77. The van der Waals surface area contributed by atoms with Gasteiger partial charge in [-0.1, -0.05) is 63.5 Å². The molecule has 0 amide bonds. The summed E-state index contributed by atoms with van der Waals surface area (Å²) in [5.41, 5.74) is 2.88. The number of aliphatic hydroxyl groups is 1. The van der Waals surface area contributed by atoms with Crippen molar-refractivity contribution in [2.24, 2.45) is 5.92 Å². The molecule has 0 aliphatic heterocycles. The molecule has 0 saturated heterocycles. The zero-order chi connectivity index (χ0) is 25.5. The fraction of sp³-hybridized carbons (Fsp3) is 0.562. The lowest BCUT2D eigenvalue weighted by Crippen LogP contribution is -2.39. The summed E-state index contributed by atoms with van der Waals surface area (Å²) in [6.07, 6.45) is 14.3. The first-order valence-electron chi connectivity index (χ1n) is 14.1. The molecule has 0 spiro atoms. The maximum atomic E-state index is 15.2. The Morgan fingerprint density at radius 2 is 1.64 bits per heavy atom. The van der Waals surface area contributed by atoms with E-state index >= 15 is 8.78 Å². The molecule has 196 valence electrons. The third-order valence-electron chi connectivity index (χ3n) is 8.64. The van der Waals surface area contributed by atoms with E-state index in [-0.39, 0.29) is 23.6 Å². The molecular formula is C32H43F2NO. The Kier molecular flexibility index (Phi) is 9.73. The van der Waals surface area contributed by atoms with Crippen LogP contribution in [0.2, 0.25) is 0 Å². The standard InChI is InChI=1S/C32H43F2NO/c1-3-5-6-7-22-8-10-23(11-9-22)25-14-18-29(30(33)20-25)26-15-19-28(31(34)21-26)24-12-16-27(17-13-24)35-32(36)4-2/h4,14-15,18-24,27,32,35-36H,2-3,5-13,16-17H2,1H3. The largest absolute Gasteiger partial charge is 0.375 e. The van der Waals surface area contributed by atoms with Crippen molar-refractivity contribution < 1.29 is 13.9 Å². The molecule has 0 heterocycles. The first kappa shape index (κ1) is 27.0. The average Bonchev–Trinajstić information content (AvgIpc) is 2.89. The number of halogens is 2. The summed E-state index contributed by atoms with van der Waals surface area (Å²) in [4.78, 5) is 0. The summed E-state index contributed by atoms with van der Waals surface area (Å²) in [6.45, 7) is 5.84. The minimum Gasteiger partial charge on any atom is -0.375 e. The molecule has 4 heteroatoms. The van der Waals surface area contributed by atoms with Gasteiger partial charge < -0.3 is 5.11 Å². The maximum Gasteiger partial charge on any atom is 0.131 e. The first-order valence-corrected chi connectivity index (χ1v) is 14.1. The molecule has 0 aromatic heterocycles. The van der Waals surface area contributed by atoms with Crippen LogP contribution in [0.25, 0.3) is 11.1 Å². The zero-order valence-electron chi connectivity index (χ0n) is 21.8. The van der Waals surface area contributed by atoms with E-state index in [1.807, 2.05) is 18.2 Å². The highest BCUT2D eigenvalue weighted by Crippen LogP contribution is 2.40. The Labute approximate surface area is 216 Å². The smallest absolute Gasteiger partial charge is 0.131 e. The molecule has 2 N–H and O–H groups in total. The average molecular weight is 496 g/mol. The van der Waals surface area contributed by atoms with Crippen LogP contribution in [0.1, 0.15) is 107 Å². The summed E-state index contributed by atoms with van der Waals surface area (Å²) in [5, 5.41) is 12.9. The van der Waals surface area contributed by atoms with Gasteiger partial charge in [-0.3, -0.25) is 5.32 Å². The maximum absolute atomic E-state index is 15.2. The summed E-state index contributed by atoms with van der Waals surface area (Å²) in [6, 6.07) is 11.0. The van der Waals surface area contributed by atoms with Crippen molar-refractivity contribution in [3.63, 3.8) is 0 Å². The molecule has 2 aromatic rings. The number of hydrogen-bond acceptors (Lipinski definition) is 2. The number of nitrogens with one attached hydrogen (secondary N) is 1. The molecule has 2 fully saturated rings. The topological polar surface area (TPSA) is 32.3 Å². The van der Waals surface area contributed by atoms with E-state index in [4.69, 9.17) is 0 Å². The Bertz CT molecular complexity index is 990. The van der Waals surface area contributed by atoms with E-state index in [9.17, 15) is 5.11 Å². The predicted molar refractivity (Wildman–Crippen MR) is 145 cm³/mol. The monoisotopic (exact) mass is 495 g/mol.